The van der Waals surface area contributed by atoms with Crippen LogP contribution in [0, 0.1) is 23.1 Å². The zero-order chi connectivity index (χ0) is 16.2. The Hall–Kier alpha value is -2.05. The van der Waals surface area contributed by atoms with E-state index in [-0.39, 0.29) is 12.0 Å². The normalized spacial score (nSPS) is 12.8. The minimum atomic E-state index is -1.37. The summed E-state index contributed by atoms with van der Waals surface area (Å²) in [6, 6.07) is 1.03. The number of rotatable bonds is 5. The third kappa shape index (κ3) is 5.09. The molecule has 0 aliphatic rings. The van der Waals surface area contributed by atoms with Crippen molar-refractivity contribution >= 4 is 11.9 Å². The lowest BCUT2D eigenvalue weighted by molar-refractivity contribution is -0.142. The van der Waals surface area contributed by atoms with E-state index >= 15 is 0 Å². The summed E-state index contributed by atoms with van der Waals surface area (Å²) >= 11 is 0. The van der Waals surface area contributed by atoms with Crippen molar-refractivity contribution in [1.82, 2.24) is 10.3 Å². The van der Waals surface area contributed by atoms with Crippen LogP contribution in [0.15, 0.2) is 12.3 Å². The van der Waals surface area contributed by atoms with Crippen LogP contribution in [0.2, 0.25) is 0 Å². The third-order valence-corrected chi connectivity index (χ3v) is 2.81. The average Bonchev–Trinajstić information content (AvgIpc) is 2.35. The summed E-state index contributed by atoms with van der Waals surface area (Å²) in [6.45, 7) is 5.48. The topological polar surface area (TPSA) is 79.3 Å². The van der Waals surface area contributed by atoms with E-state index in [2.05, 4.69) is 10.3 Å². The lowest BCUT2D eigenvalue weighted by Gasteiger charge is -2.23. The van der Waals surface area contributed by atoms with Crippen molar-refractivity contribution in [2.75, 3.05) is 6.54 Å². The quantitative estimate of drug-likeness (QED) is 0.817. The summed E-state index contributed by atoms with van der Waals surface area (Å²) in [7, 11) is 0. The molecule has 0 spiro atoms. The van der Waals surface area contributed by atoms with Gasteiger partial charge in [-0.25, -0.2) is 9.37 Å². The molecule has 1 rings (SSSR count). The summed E-state index contributed by atoms with van der Waals surface area (Å²) in [5, 5.41) is 11.4. The van der Waals surface area contributed by atoms with Crippen LogP contribution in [0.5, 0.6) is 0 Å². The van der Waals surface area contributed by atoms with E-state index in [4.69, 9.17) is 5.11 Å². The van der Waals surface area contributed by atoms with Gasteiger partial charge in [-0.15, -0.1) is 0 Å². The Bertz CT molecular complexity index is 542. The highest BCUT2D eigenvalue weighted by Crippen LogP contribution is 2.24. The number of aliphatic carboxylic acids is 1. The van der Waals surface area contributed by atoms with Gasteiger partial charge in [-0.05, 0) is 17.9 Å². The van der Waals surface area contributed by atoms with Gasteiger partial charge in [-0.3, -0.25) is 9.59 Å². The van der Waals surface area contributed by atoms with Crippen LogP contribution in [0.3, 0.4) is 0 Å². The van der Waals surface area contributed by atoms with E-state index in [0.29, 0.717) is 6.42 Å². The van der Waals surface area contributed by atoms with E-state index in [0.717, 1.165) is 12.3 Å². The van der Waals surface area contributed by atoms with Gasteiger partial charge in [0.25, 0.3) is 5.91 Å². The van der Waals surface area contributed by atoms with Crippen molar-refractivity contribution in [2.45, 2.75) is 27.2 Å². The number of aromatic nitrogens is 1. The summed E-state index contributed by atoms with van der Waals surface area (Å²) < 4.78 is 26.3. The van der Waals surface area contributed by atoms with Gasteiger partial charge in [0.1, 0.15) is 0 Å². The highest BCUT2D eigenvalue weighted by atomic mass is 19.2. The molecule has 0 fully saturated rings. The van der Waals surface area contributed by atoms with Crippen LogP contribution in [0.1, 0.15) is 37.6 Å². The number of amides is 1. The average molecular weight is 300 g/mol. The molecule has 7 heteroatoms. The number of carboxylic acid groups (broad SMARTS) is 1. The SMILES string of the molecule is CC(C)(C)CC(CNC(=O)c1ccnc(F)c1F)C(=O)O. The molecule has 0 aliphatic carbocycles. The molecular formula is C14H18F2N2O3. The summed E-state index contributed by atoms with van der Waals surface area (Å²) in [5.41, 5.74) is -0.732. The first-order valence-corrected chi connectivity index (χ1v) is 6.43. The molecule has 0 saturated heterocycles. The molecule has 0 saturated carbocycles. The van der Waals surface area contributed by atoms with Crippen LogP contribution in [0.25, 0.3) is 0 Å². The predicted octanol–water partition coefficient (Wildman–Crippen LogP) is 2.23. The van der Waals surface area contributed by atoms with Gasteiger partial charge in [0.15, 0.2) is 5.82 Å². The van der Waals surface area contributed by atoms with Crippen molar-refractivity contribution in [3.63, 3.8) is 0 Å². The number of pyridine rings is 1. The van der Waals surface area contributed by atoms with Crippen LogP contribution in [-0.4, -0.2) is 28.5 Å². The number of halogens is 2. The molecule has 1 aromatic heterocycles. The van der Waals surface area contributed by atoms with Crippen molar-refractivity contribution in [3.05, 3.63) is 29.6 Å². The number of carbonyl (C=O) groups is 2. The van der Waals surface area contributed by atoms with Gasteiger partial charge < -0.3 is 10.4 Å². The van der Waals surface area contributed by atoms with E-state index in [9.17, 15) is 18.4 Å². The number of carbonyl (C=O) groups excluding carboxylic acids is 1. The Balaban J connectivity index is 2.74. The van der Waals surface area contributed by atoms with Crippen molar-refractivity contribution in [1.29, 1.82) is 0 Å². The second-order valence-corrected chi connectivity index (χ2v) is 5.97. The monoisotopic (exact) mass is 300 g/mol. The van der Waals surface area contributed by atoms with E-state index in [1.54, 1.807) is 0 Å². The molecule has 2 N–H and O–H groups in total. The second-order valence-electron chi connectivity index (χ2n) is 5.97. The number of nitrogens with one attached hydrogen (secondary N) is 1. The lowest BCUT2D eigenvalue weighted by Crippen LogP contribution is -2.35. The first-order valence-electron chi connectivity index (χ1n) is 6.43. The Morgan fingerprint density at radius 1 is 1.38 bits per heavy atom. The highest BCUT2D eigenvalue weighted by Gasteiger charge is 2.25. The fraction of sp³-hybridized carbons (Fsp3) is 0.500. The van der Waals surface area contributed by atoms with Gasteiger partial charge >= 0.3 is 5.97 Å². The smallest absolute Gasteiger partial charge is 0.308 e. The fourth-order valence-electron chi connectivity index (χ4n) is 1.89. The van der Waals surface area contributed by atoms with Gasteiger partial charge in [0.2, 0.25) is 5.95 Å². The molecular weight excluding hydrogens is 282 g/mol. The maximum absolute atomic E-state index is 13.4. The minimum Gasteiger partial charge on any atom is -0.481 e. The molecule has 0 bridgehead atoms. The molecule has 21 heavy (non-hydrogen) atoms. The zero-order valence-electron chi connectivity index (χ0n) is 12.1. The molecule has 1 amide bonds. The van der Waals surface area contributed by atoms with Crippen molar-refractivity contribution in [3.8, 4) is 0 Å². The predicted molar refractivity (Wildman–Crippen MR) is 71.7 cm³/mol. The van der Waals surface area contributed by atoms with Gasteiger partial charge in [-0.2, -0.15) is 4.39 Å². The molecule has 116 valence electrons. The number of carboxylic acids is 1. The largest absolute Gasteiger partial charge is 0.481 e. The van der Waals surface area contributed by atoms with Crippen molar-refractivity contribution in [2.24, 2.45) is 11.3 Å². The Morgan fingerprint density at radius 3 is 2.52 bits per heavy atom. The molecule has 0 aromatic carbocycles. The van der Waals surface area contributed by atoms with E-state index in [1.807, 2.05) is 20.8 Å². The minimum absolute atomic E-state index is 0.158. The molecule has 0 aliphatic heterocycles. The summed E-state index contributed by atoms with van der Waals surface area (Å²) in [6.07, 6.45) is 1.31. The molecule has 1 aromatic rings. The molecule has 1 unspecified atom stereocenters. The molecule has 1 atom stereocenters. The van der Waals surface area contributed by atoms with E-state index < -0.39 is 35.1 Å². The van der Waals surface area contributed by atoms with Crippen LogP contribution in [-0.2, 0) is 4.79 Å². The third-order valence-electron chi connectivity index (χ3n) is 2.81. The summed E-state index contributed by atoms with van der Waals surface area (Å²) in [5.74, 6) is -5.44. The van der Waals surface area contributed by atoms with Gasteiger partial charge in [0.05, 0.1) is 11.5 Å². The van der Waals surface area contributed by atoms with Crippen LogP contribution in [0.4, 0.5) is 8.78 Å². The molecule has 0 radical (unpaired) electrons. The van der Waals surface area contributed by atoms with Crippen molar-refractivity contribution < 1.29 is 23.5 Å². The maximum atomic E-state index is 13.4. The standard InChI is InChI=1S/C14H18F2N2O3/c1-14(2,3)6-8(13(20)21)7-18-12(19)9-4-5-17-11(16)10(9)15/h4-5,8H,6-7H2,1-3H3,(H,18,19)(H,20,21). The zero-order valence-corrected chi connectivity index (χ0v) is 12.1. The first-order chi connectivity index (χ1) is 9.61. The van der Waals surface area contributed by atoms with Crippen LogP contribution >= 0.6 is 0 Å². The Kier molecular flexibility index (Phi) is 5.34. The van der Waals surface area contributed by atoms with Gasteiger partial charge in [0, 0.05) is 12.7 Å². The maximum Gasteiger partial charge on any atom is 0.308 e. The van der Waals surface area contributed by atoms with E-state index in [1.165, 1.54) is 0 Å². The molecule has 5 nitrogen and oxygen atoms in total. The number of hydrogen-bond acceptors (Lipinski definition) is 3. The number of nitrogens with zero attached hydrogens (tertiary/aromatic N) is 1. The highest BCUT2D eigenvalue weighted by molar-refractivity contribution is 5.94. The van der Waals surface area contributed by atoms with Crippen LogP contribution < -0.4 is 5.32 Å². The Labute approximate surface area is 121 Å². The Morgan fingerprint density at radius 2 is 2.00 bits per heavy atom. The summed E-state index contributed by atoms with van der Waals surface area (Å²) in [4.78, 5) is 26.0. The lowest BCUT2D eigenvalue weighted by atomic mass is 9.84. The van der Waals surface area contributed by atoms with Gasteiger partial charge in [-0.1, -0.05) is 20.8 Å². The second kappa shape index (κ2) is 6.60. The first kappa shape index (κ1) is 17.0. The number of hydrogen-bond donors (Lipinski definition) is 2. The molecule has 1 heterocycles. The fourth-order valence-corrected chi connectivity index (χ4v) is 1.89.